The largest absolute Gasteiger partial charge is 0.353 e. The standard InChI is InChI=1S/C21H26N4O2S/c1-4-6-12-24(5-2)18(26)14-28-21-23-17-13-15(3)22-19(17)20(27)25(21)16-10-8-7-9-11-16/h7-11,13,22H,4-6,12,14H2,1-3H3. The van der Waals surface area contributed by atoms with Crippen LogP contribution in [0.2, 0.25) is 0 Å². The molecule has 0 unspecified atom stereocenters. The molecule has 1 amide bonds. The summed E-state index contributed by atoms with van der Waals surface area (Å²) in [4.78, 5) is 35.4. The second-order valence-electron chi connectivity index (χ2n) is 6.70. The predicted molar refractivity (Wildman–Crippen MR) is 114 cm³/mol. The van der Waals surface area contributed by atoms with Crippen molar-refractivity contribution in [1.82, 2.24) is 19.4 Å². The number of unbranched alkanes of at least 4 members (excludes halogenated alkanes) is 1. The Labute approximate surface area is 169 Å². The summed E-state index contributed by atoms with van der Waals surface area (Å²) in [5.74, 6) is 0.325. The Morgan fingerprint density at radius 2 is 2.00 bits per heavy atom. The summed E-state index contributed by atoms with van der Waals surface area (Å²) >= 11 is 1.31. The number of hydrogen-bond donors (Lipinski definition) is 1. The van der Waals surface area contributed by atoms with Crippen molar-refractivity contribution in [2.75, 3.05) is 18.8 Å². The number of para-hydroxylation sites is 1. The van der Waals surface area contributed by atoms with Gasteiger partial charge in [0.15, 0.2) is 5.16 Å². The number of amides is 1. The summed E-state index contributed by atoms with van der Waals surface area (Å²) in [5, 5.41) is 0.530. The van der Waals surface area contributed by atoms with E-state index in [1.807, 2.05) is 55.1 Å². The number of nitrogens with one attached hydrogen (secondary N) is 1. The van der Waals surface area contributed by atoms with Gasteiger partial charge in [-0.05, 0) is 38.5 Å². The molecule has 148 valence electrons. The molecule has 0 bridgehead atoms. The molecule has 0 fully saturated rings. The predicted octanol–water partition coefficient (Wildman–Crippen LogP) is 3.76. The van der Waals surface area contributed by atoms with E-state index in [0.29, 0.717) is 22.7 Å². The Hall–Kier alpha value is -2.54. The highest BCUT2D eigenvalue weighted by molar-refractivity contribution is 7.99. The van der Waals surface area contributed by atoms with Crippen molar-refractivity contribution in [2.45, 2.75) is 38.8 Å². The van der Waals surface area contributed by atoms with Gasteiger partial charge >= 0.3 is 0 Å². The first-order valence-corrected chi connectivity index (χ1v) is 10.6. The summed E-state index contributed by atoms with van der Waals surface area (Å²) in [5.41, 5.74) is 2.58. The second-order valence-corrected chi connectivity index (χ2v) is 7.64. The third kappa shape index (κ3) is 4.30. The topological polar surface area (TPSA) is 71.0 Å². The van der Waals surface area contributed by atoms with Gasteiger partial charge in [-0.25, -0.2) is 4.98 Å². The summed E-state index contributed by atoms with van der Waals surface area (Å²) in [6.45, 7) is 7.46. The molecule has 3 rings (SSSR count). The van der Waals surface area contributed by atoms with E-state index in [1.165, 1.54) is 11.8 Å². The van der Waals surface area contributed by atoms with Crippen molar-refractivity contribution >= 4 is 28.7 Å². The van der Waals surface area contributed by atoms with Crippen molar-refractivity contribution in [1.29, 1.82) is 0 Å². The number of fused-ring (bicyclic) bond motifs is 1. The number of H-pyrrole nitrogens is 1. The first-order chi connectivity index (χ1) is 13.5. The van der Waals surface area contributed by atoms with Gasteiger partial charge < -0.3 is 9.88 Å². The summed E-state index contributed by atoms with van der Waals surface area (Å²) < 4.78 is 1.58. The number of carbonyl (C=O) groups excluding carboxylic acids is 1. The van der Waals surface area contributed by atoms with Crippen LogP contribution in [0.3, 0.4) is 0 Å². The molecule has 0 radical (unpaired) electrons. The van der Waals surface area contributed by atoms with Gasteiger partial charge in [-0.3, -0.25) is 14.2 Å². The van der Waals surface area contributed by atoms with Crippen LogP contribution >= 0.6 is 11.8 Å². The quantitative estimate of drug-likeness (QED) is 0.463. The SMILES string of the molecule is CCCCN(CC)C(=O)CSc1nc2cc(C)[nH]c2c(=O)n1-c1ccccc1. The maximum absolute atomic E-state index is 13.1. The number of nitrogens with zero attached hydrogens (tertiary/aromatic N) is 3. The molecule has 7 heteroatoms. The van der Waals surface area contributed by atoms with Crippen LogP contribution in [0.15, 0.2) is 46.3 Å². The number of thioether (sulfide) groups is 1. The number of hydrogen-bond acceptors (Lipinski definition) is 4. The van der Waals surface area contributed by atoms with Crippen LogP contribution < -0.4 is 5.56 Å². The molecule has 0 aliphatic rings. The molecule has 1 aromatic carbocycles. The van der Waals surface area contributed by atoms with Crippen molar-refractivity contribution in [2.24, 2.45) is 0 Å². The minimum Gasteiger partial charge on any atom is -0.353 e. The molecule has 6 nitrogen and oxygen atoms in total. The Bertz CT molecular complexity index is 1010. The first-order valence-electron chi connectivity index (χ1n) is 9.63. The number of benzene rings is 1. The van der Waals surface area contributed by atoms with Gasteiger partial charge in [0.1, 0.15) is 5.52 Å². The molecule has 0 aliphatic heterocycles. The zero-order chi connectivity index (χ0) is 20.1. The van der Waals surface area contributed by atoms with Crippen molar-refractivity contribution in [3.05, 3.63) is 52.4 Å². The minimum absolute atomic E-state index is 0.0696. The van der Waals surface area contributed by atoms with Crippen LogP contribution in [0.1, 0.15) is 32.4 Å². The van der Waals surface area contributed by atoms with Gasteiger partial charge in [0, 0.05) is 18.8 Å². The first kappa shape index (κ1) is 20.2. The van der Waals surface area contributed by atoms with E-state index >= 15 is 0 Å². The summed E-state index contributed by atoms with van der Waals surface area (Å²) in [6, 6.07) is 11.3. The molecule has 0 saturated heterocycles. The van der Waals surface area contributed by atoms with Gasteiger partial charge in [-0.2, -0.15) is 0 Å². The maximum Gasteiger partial charge on any atom is 0.283 e. The van der Waals surface area contributed by atoms with E-state index in [2.05, 4.69) is 16.9 Å². The van der Waals surface area contributed by atoms with Crippen LogP contribution in [0.4, 0.5) is 0 Å². The maximum atomic E-state index is 13.1. The number of aromatic nitrogens is 3. The molecule has 0 saturated carbocycles. The number of carbonyl (C=O) groups is 1. The fraction of sp³-hybridized carbons (Fsp3) is 0.381. The fourth-order valence-electron chi connectivity index (χ4n) is 3.10. The van der Waals surface area contributed by atoms with Crippen LogP contribution in [-0.2, 0) is 4.79 Å². The van der Waals surface area contributed by atoms with E-state index in [-0.39, 0.29) is 17.2 Å². The Morgan fingerprint density at radius 3 is 2.68 bits per heavy atom. The average molecular weight is 399 g/mol. The van der Waals surface area contributed by atoms with Gasteiger partial charge in [0.25, 0.3) is 5.56 Å². The molecular formula is C21H26N4O2S. The number of rotatable bonds is 8. The lowest BCUT2D eigenvalue weighted by Crippen LogP contribution is -2.33. The lowest BCUT2D eigenvalue weighted by atomic mass is 10.3. The lowest BCUT2D eigenvalue weighted by Gasteiger charge is -2.20. The monoisotopic (exact) mass is 398 g/mol. The Morgan fingerprint density at radius 1 is 1.25 bits per heavy atom. The highest BCUT2D eigenvalue weighted by Gasteiger charge is 2.18. The summed E-state index contributed by atoms with van der Waals surface area (Å²) in [7, 11) is 0. The van der Waals surface area contributed by atoms with Crippen molar-refractivity contribution in [3.63, 3.8) is 0 Å². The van der Waals surface area contributed by atoms with E-state index in [0.717, 1.165) is 30.8 Å². The molecule has 2 aromatic heterocycles. The second kappa shape index (κ2) is 9.10. The van der Waals surface area contributed by atoms with Crippen LogP contribution in [-0.4, -0.2) is 44.2 Å². The molecule has 28 heavy (non-hydrogen) atoms. The normalized spacial score (nSPS) is 11.1. The zero-order valence-corrected chi connectivity index (χ0v) is 17.4. The lowest BCUT2D eigenvalue weighted by molar-refractivity contribution is -0.128. The molecule has 0 aliphatic carbocycles. The third-order valence-corrected chi connectivity index (χ3v) is 5.53. The molecular weight excluding hydrogens is 372 g/mol. The van der Waals surface area contributed by atoms with E-state index in [4.69, 9.17) is 0 Å². The fourth-order valence-corrected chi connectivity index (χ4v) is 4.02. The van der Waals surface area contributed by atoms with Gasteiger partial charge in [-0.1, -0.05) is 43.3 Å². The Balaban J connectivity index is 1.95. The summed E-state index contributed by atoms with van der Waals surface area (Å²) in [6.07, 6.45) is 2.04. The van der Waals surface area contributed by atoms with Gasteiger partial charge in [0.2, 0.25) is 5.91 Å². The van der Waals surface area contributed by atoms with Crippen molar-refractivity contribution < 1.29 is 4.79 Å². The highest BCUT2D eigenvalue weighted by atomic mass is 32.2. The molecule has 3 aromatic rings. The smallest absolute Gasteiger partial charge is 0.283 e. The van der Waals surface area contributed by atoms with Crippen LogP contribution in [0.25, 0.3) is 16.7 Å². The molecule has 2 heterocycles. The minimum atomic E-state index is -0.155. The molecule has 1 N–H and O–H groups in total. The number of aromatic amines is 1. The van der Waals surface area contributed by atoms with E-state index in [1.54, 1.807) is 4.57 Å². The number of aryl methyl sites for hydroxylation is 1. The van der Waals surface area contributed by atoms with Gasteiger partial charge in [0.05, 0.1) is 17.0 Å². The van der Waals surface area contributed by atoms with Crippen LogP contribution in [0, 0.1) is 6.92 Å². The average Bonchev–Trinajstić information content (AvgIpc) is 3.08. The van der Waals surface area contributed by atoms with Gasteiger partial charge in [-0.15, -0.1) is 0 Å². The van der Waals surface area contributed by atoms with E-state index in [9.17, 15) is 9.59 Å². The highest BCUT2D eigenvalue weighted by Crippen LogP contribution is 2.22. The Kier molecular flexibility index (Phi) is 6.57. The zero-order valence-electron chi connectivity index (χ0n) is 16.6. The van der Waals surface area contributed by atoms with Crippen molar-refractivity contribution in [3.8, 4) is 5.69 Å². The molecule has 0 spiro atoms. The van der Waals surface area contributed by atoms with Crippen LogP contribution in [0.5, 0.6) is 0 Å². The molecule has 0 atom stereocenters. The third-order valence-electron chi connectivity index (χ3n) is 4.61. The van der Waals surface area contributed by atoms with E-state index < -0.39 is 0 Å².